The molecular formula is C35H35ClN2O. The molecular weight excluding hydrogens is 500 g/mol. The molecule has 3 aromatic carbocycles. The number of allylic oxidation sites excluding steroid dienone is 3. The summed E-state index contributed by atoms with van der Waals surface area (Å²) >= 11 is 6.04. The van der Waals surface area contributed by atoms with E-state index >= 15 is 0 Å². The fraction of sp³-hybridized carbons (Fsp3) is 0.200. The number of anilines is 1. The summed E-state index contributed by atoms with van der Waals surface area (Å²) in [5, 5.41) is 4.03. The molecule has 1 unspecified atom stereocenters. The second kappa shape index (κ2) is 13.7. The molecule has 39 heavy (non-hydrogen) atoms. The van der Waals surface area contributed by atoms with Crippen molar-refractivity contribution in [2.75, 3.05) is 5.32 Å². The third-order valence-corrected chi connectivity index (χ3v) is 7.15. The van der Waals surface area contributed by atoms with Gasteiger partial charge in [0.15, 0.2) is 5.78 Å². The minimum Gasteiger partial charge on any atom is -0.340 e. The van der Waals surface area contributed by atoms with Gasteiger partial charge in [-0.3, -0.25) is 4.79 Å². The molecule has 0 radical (unpaired) electrons. The maximum atomic E-state index is 13.1. The average molecular weight is 535 g/mol. The molecule has 4 rings (SSSR count). The summed E-state index contributed by atoms with van der Waals surface area (Å²) < 4.78 is 0. The third-order valence-electron chi connectivity index (χ3n) is 6.90. The fourth-order valence-electron chi connectivity index (χ4n) is 4.73. The first kappa shape index (κ1) is 28.1. The number of hydrogen-bond acceptors (Lipinski definition) is 3. The molecule has 0 fully saturated rings. The summed E-state index contributed by atoms with van der Waals surface area (Å²) in [6.45, 7) is 10.5. The van der Waals surface area contributed by atoms with E-state index in [0.29, 0.717) is 34.3 Å². The molecule has 0 bridgehead atoms. The van der Waals surface area contributed by atoms with Crippen LogP contribution in [0.5, 0.6) is 0 Å². The minimum absolute atomic E-state index is 0.000380. The van der Waals surface area contributed by atoms with E-state index in [2.05, 4.69) is 55.7 Å². The van der Waals surface area contributed by atoms with Gasteiger partial charge in [-0.25, -0.2) is 4.99 Å². The first-order chi connectivity index (χ1) is 18.9. The molecule has 198 valence electrons. The topological polar surface area (TPSA) is 41.5 Å². The van der Waals surface area contributed by atoms with Crippen LogP contribution in [0.4, 0.5) is 5.69 Å². The number of nitrogens with one attached hydrogen (secondary N) is 1. The molecule has 3 aromatic rings. The van der Waals surface area contributed by atoms with Gasteiger partial charge in [0.05, 0.1) is 5.70 Å². The van der Waals surface area contributed by atoms with Crippen molar-refractivity contribution in [1.82, 2.24) is 0 Å². The molecule has 0 saturated heterocycles. The number of amidine groups is 1. The van der Waals surface area contributed by atoms with E-state index in [1.807, 2.05) is 66.8 Å². The number of ketones is 1. The van der Waals surface area contributed by atoms with Gasteiger partial charge in [0.25, 0.3) is 0 Å². The maximum Gasteiger partial charge on any atom is 0.188 e. The summed E-state index contributed by atoms with van der Waals surface area (Å²) in [5.74, 6) is 1.17. The van der Waals surface area contributed by atoms with E-state index in [-0.39, 0.29) is 5.78 Å². The molecule has 1 atom stereocenters. The van der Waals surface area contributed by atoms with Gasteiger partial charge < -0.3 is 5.32 Å². The number of carbonyl (C=O) groups is 1. The number of benzene rings is 3. The fourth-order valence-corrected chi connectivity index (χ4v) is 4.85. The van der Waals surface area contributed by atoms with E-state index in [0.717, 1.165) is 48.2 Å². The highest BCUT2D eigenvalue weighted by molar-refractivity contribution is 6.30. The first-order valence-corrected chi connectivity index (χ1v) is 13.9. The van der Waals surface area contributed by atoms with Gasteiger partial charge in [0.1, 0.15) is 5.84 Å². The standard InChI is InChI=1S/C35H35ClN2O/c1-4-10-27(28-13-6-5-7-14-28)15-8-11-25(2)34(39)30-19-23-32(24-20-30)37-35-26(3)12-9-16-33(38-35)29-17-21-31(36)22-18-29/h5-7,9,12-14,16-24,27H,2-4,8,10-11,15H2,1H3,(H,37,38). The highest BCUT2D eigenvalue weighted by Crippen LogP contribution is 2.28. The van der Waals surface area contributed by atoms with Crippen LogP contribution in [0.2, 0.25) is 5.02 Å². The van der Waals surface area contributed by atoms with Crippen LogP contribution in [-0.2, 0) is 0 Å². The number of halogens is 1. The predicted molar refractivity (Wildman–Crippen MR) is 167 cm³/mol. The second-order valence-electron chi connectivity index (χ2n) is 9.83. The van der Waals surface area contributed by atoms with Crippen LogP contribution in [0.15, 0.2) is 126 Å². The molecule has 4 heteroatoms. The van der Waals surface area contributed by atoms with Crippen LogP contribution < -0.4 is 5.32 Å². The van der Waals surface area contributed by atoms with E-state index < -0.39 is 0 Å². The lowest BCUT2D eigenvalue weighted by Crippen LogP contribution is -2.13. The van der Waals surface area contributed by atoms with Crippen molar-refractivity contribution < 1.29 is 4.79 Å². The maximum absolute atomic E-state index is 13.1. The van der Waals surface area contributed by atoms with Gasteiger partial charge in [0.2, 0.25) is 0 Å². The molecule has 3 nitrogen and oxygen atoms in total. The highest BCUT2D eigenvalue weighted by Gasteiger charge is 2.15. The summed E-state index contributed by atoms with van der Waals surface area (Å²) in [4.78, 5) is 17.9. The van der Waals surface area contributed by atoms with E-state index in [9.17, 15) is 4.79 Å². The first-order valence-electron chi connectivity index (χ1n) is 13.5. The van der Waals surface area contributed by atoms with E-state index in [4.69, 9.17) is 16.6 Å². The third kappa shape index (κ3) is 7.78. The van der Waals surface area contributed by atoms with Crippen molar-refractivity contribution in [1.29, 1.82) is 0 Å². The quantitative estimate of drug-likeness (QED) is 0.196. The molecule has 0 amide bonds. The van der Waals surface area contributed by atoms with Crippen LogP contribution in [0, 0.1) is 0 Å². The SMILES string of the molecule is C=C1C=CC=C(c2ccc(Cl)cc2)N=C1Nc1ccc(C(=O)C(=C)CCCC(CCC)c2ccccc2)cc1. The molecule has 1 heterocycles. The Hall–Kier alpha value is -3.95. The van der Waals surface area contributed by atoms with Gasteiger partial charge in [-0.2, -0.15) is 0 Å². The van der Waals surface area contributed by atoms with Crippen molar-refractivity contribution in [3.05, 3.63) is 143 Å². The second-order valence-corrected chi connectivity index (χ2v) is 10.3. The zero-order valence-corrected chi connectivity index (χ0v) is 23.3. The lowest BCUT2D eigenvalue weighted by molar-refractivity contribution is 0.103. The largest absolute Gasteiger partial charge is 0.340 e. The van der Waals surface area contributed by atoms with Crippen LogP contribution in [0.3, 0.4) is 0 Å². The van der Waals surface area contributed by atoms with Crippen LogP contribution in [0.1, 0.15) is 66.4 Å². The monoisotopic (exact) mass is 534 g/mol. The summed E-state index contributed by atoms with van der Waals surface area (Å²) in [6, 6.07) is 25.7. The van der Waals surface area contributed by atoms with Crippen LogP contribution in [0.25, 0.3) is 5.70 Å². The van der Waals surface area contributed by atoms with Crippen molar-refractivity contribution in [3.8, 4) is 0 Å². The Labute approximate surface area is 237 Å². The molecule has 0 aromatic heterocycles. The Morgan fingerprint density at radius 2 is 1.69 bits per heavy atom. The Balaban J connectivity index is 1.36. The van der Waals surface area contributed by atoms with E-state index in [1.54, 1.807) is 0 Å². The smallest absolute Gasteiger partial charge is 0.188 e. The van der Waals surface area contributed by atoms with Gasteiger partial charge >= 0.3 is 0 Å². The molecule has 0 saturated carbocycles. The highest BCUT2D eigenvalue weighted by atomic mass is 35.5. The van der Waals surface area contributed by atoms with Crippen molar-refractivity contribution >= 4 is 34.6 Å². The normalized spacial score (nSPS) is 13.7. The Morgan fingerprint density at radius 3 is 2.38 bits per heavy atom. The Bertz CT molecular complexity index is 1400. The minimum atomic E-state index is 0.000380. The lowest BCUT2D eigenvalue weighted by Gasteiger charge is -2.17. The zero-order chi connectivity index (χ0) is 27.6. The van der Waals surface area contributed by atoms with Gasteiger partial charge in [-0.05, 0) is 85.2 Å². The van der Waals surface area contributed by atoms with E-state index in [1.165, 1.54) is 5.56 Å². The molecule has 1 aliphatic heterocycles. The summed E-state index contributed by atoms with van der Waals surface area (Å²) in [6.07, 6.45) is 10.8. The Morgan fingerprint density at radius 1 is 0.974 bits per heavy atom. The number of rotatable bonds is 11. The Kier molecular flexibility index (Phi) is 9.88. The van der Waals surface area contributed by atoms with Gasteiger partial charge in [0, 0.05) is 27.4 Å². The zero-order valence-electron chi connectivity index (χ0n) is 22.5. The summed E-state index contributed by atoms with van der Waals surface area (Å²) in [7, 11) is 0. The number of nitrogens with zero attached hydrogens (tertiary/aromatic N) is 1. The number of Topliss-reactive ketones (excluding diaryl/α,β-unsaturated/α-hetero) is 1. The van der Waals surface area contributed by atoms with Gasteiger partial charge in [-0.15, -0.1) is 0 Å². The number of aliphatic imine (C=N–C) groups is 1. The predicted octanol–water partition coefficient (Wildman–Crippen LogP) is 9.81. The van der Waals surface area contributed by atoms with Crippen LogP contribution >= 0.6 is 11.6 Å². The molecule has 1 aliphatic rings. The number of hydrogen-bond donors (Lipinski definition) is 1. The summed E-state index contributed by atoms with van der Waals surface area (Å²) in [5.41, 5.74) is 6.04. The number of carbonyl (C=O) groups excluding carboxylic acids is 1. The van der Waals surface area contributed by atoms with Crippen molar-refractivity contribution in [2.45, 2.75) is 44.9 Å². The lowest BCUT2D eigenvalue weighted by atomic mass is 9.88. The van der Waals surface area contributed by atoms with Gasteiger partial charge in [-0.1, -0.05) is 92.7 Å². The van der Waals surface area contributed by atoms with Crippen LogP contribution in [-0.4, -0.2) is 11.6 Å². The average Bonchev–Trinajstić information content (AvgIpc) is 3.14. The van der Waals surface area contributed by atoms with Crippen molar-refractivity contribution in [3.63, 3.8) is 0 Å². The molecule has 0 spiro atoms. The molecule has 0 aliphatic carbocycles. The molecule has 1 N–H and O–H groups in total. The van der Waals surface area contributed by atoms with Crippen molar-refractivity contribution in [2.24, 2.45) is 4.99 Å².